The highest BCUT2D eigenvalue weighted by molar-refractivity contribution is 6.06. The average molecular weight is 333 g/mol. The molecule has 4 nitrogen and oxygen atoms in total. The lowest BCUT2D eigenvalue weighted by Gasteiger charge is -2.17. The first kappa shape index (κ1) is 15.3. The number of pyridine rings is 1. The van der Waals surface area contributed by atoms with E-state index in [1.165, 1.54) is 17.7 Å². The Labute approximate surface area is 144 Å². The molecule has 0 atom stereocenters. The number of aromatic nitrogens is 1. The first-order valence-electron chi connectivity index (χ1n) is 8.09. The van der Waals surface area contributed by atoms with Gasteiger partial charge in [0.2, 0.25) is 0 Å². The average Bonchev–Trinajstić information content (AvgIpc) is 3.06. The number of nitrogens with one attached hydrogen (secondary N) is 1. The molecule has 25 heavy (non-hydrogen) atoms. The number of hydrogen-bond donors (Lipinski definition) is 1. The maximum absolute atomic E-state index is 13.2. The highest BCUT2D eigenvalue weighted by Gasteiger charge is 2.25. The molecule has 2 aromatic carbocycles. The maximum Gasteiger partial charge on any atom is 0.276 e. The third-order valence-corrected chi connectivity index (χ3v) is 4.23. The summed E-state index contributed by atoms with van der Waals surface area (Å²) in [5.74, 6) is -0.417. The van der Waals surface area contributed by atoms with Crippen molar-refractivity contribution in [2.24, 2.45) is 0 Å². The van der Waals surface area contributed by atoms with Crippen LogP contribution in [0.3, 0.4) is 0 Å². The van der Waals surface area contributed by atoms with E-state index < -0.39 is 0 Å². The molecular weight excluding hydrogens is 317 g/mol. The van der Waals surface area contributed by atoms with Crippen molar-refractivity contribution in [2.45, 2.75) is 6.42 Å². The van der Waals surface area contributed by atoms with E-state index in [0.29, 0.717) is 23.6 Å². The molecule has 3 aromatic rings. The first-order chi connectivity index (χ1) is 12.2. The van der Waals surface area contributed by atoms with Crippen LogP contribution in [0.15, 0.2) is 66.9 Å². The van der Waals surface area contributed by atoms with Crippen LogP contribution in [0.25, 0.3) is 0 Å². The van der Waals surface area contributed by atoms with Gasteiger partial charge in [-0.1, -0.05) is 24.3 Å². The number of halogens is 1. The van der Waals surface area contributed by atoms with Crippen LogP contribution in [-0.2, 0) is 6.42 Å². The van der Waals surface area contributed by atoms with Crippen molar-refractivity contribution >= 4 is 23.0 Å². The molecule has 0 bridgehead atoms. The molecule has 1 aliphatic rings. The van der Waals surface area contributed by atoms with Crippen molar-refractivity contribution in [3.8, 4) is 0 Å². The van der Waals surface area contributed by atoms with Crippen LogP contribution in [0.1, 0.15) is 16.1 Å². The van der Waals surface area contributed by atoms with E-state index in [1.54, 1.807) is 35.4 Å². The molecule has 0 spiro atoms. The van der Waals surface area contributed by atoms with Gasteiger partial charge in [0.25, 0.3) is 5.91 Å². The number of amides is 1. The largest absolute Gasteiger partial charge is 0.354 e. The molecular formula is C20H16FN3O. The van der Waals surface area contributed by atoms with E-state index in [-0.39, 0.29) is 11.7 Å². The summed E-state index contributed by atoms with van der Waals surface area (Å²) in [6, 6.07) is 17.6. The molecule has 2 heterocycles. The Hall–Kier alpha value is -3.21. The minimum absolute atomic E-state index is 0.109. The van der Waals surface area contributed by atoms with Crippen molar-refractivity contribution < 1.29 is 9.18 Å². The summed E-state index contributed by atoms with van der Waals surface area (Å²) in [5, 5.41) is 3.07. The fourth-order valence-electron chi connectivity index (χ4n) is 3.01. The van der Waals surface area contributed by atoms with Crippen LogP contribution in [0, 0.1) is 5.82 Å². The van der Waals surface area contributed by atoms with Gasteiger partial charge in [-0.05, 0) is 48.4 Å². The Morgan fingerprint density at radius 3 is 2.72 bits per heavy atom. The van der Waals surface area contributed by atoms with E-state index in [1.807, 2.05) is 24.3 Å². The smallest absolute Gasteiger partial charge is 0.276 e. The van der Waals surface area contributed by atoms with Crippen LogP contribution in [0.4, 0.5) is 21.5 Å². The van der Waals surface area contributed by atoms with Crippen LogP contribution in [-0.4, -0.2) is 17.4 Å². The van der Waals surface area contributed by atoms with Crippen molar-refractivity contribution in [1.29, 1.82) is 0 Å². The number of hydrogen-bond acceptors (Lipinski definition) is 3. The summed E-state index contributed by atoms with van der Waals surface area (Å²) in [7, 11) is 0. The zero-order valence-corrected chi connectivity index (χ0v) is 13.4. The molecule has 0 unspecified atom stereocenters. The molecule has 0 fully saturated rings. The Morgan fingerprint density at radius 2 is 1.92 bits per heavy atom. The van der Waals surface area contributed by atoms with E-state index >= 15 is 0 Å². The SMILES string of the molecule is O=C(c1ccc(Nc2cccc(F)c2)cn1)N1CCc2ccccc21. The van der Waals surface area contributed by atoms with Gasteiger partial charge in [-0.15, -0.1) is 0 Å². The predicted molar refractivity (Wildman–Crippen MR) is 95.7 cm³/mol. The van der Waals surface area contributed by atoms with Crippen molar-refractivity contribution in [3.05, 3.63) is 83.9 Å². The predicted octanol–water partition coefficient (Wildman–Crippen LogP) is 4.17. The van der Waals surface area contributed by atoms with Gasteiger partial charge in [0.15, 0.2) is 0 Å². The fraction of sp³-hybridized carbons (Fsp3) is 0.100. The normalized spacial score (nSPS) is 12.8. The van der Waals surface area contributed by atoms with Crippen LogP contribution >= 0.6 is 0 Å². The molecule has 1 N–H and O–H groups in total. The maximum atomic E-state index is 13.2. The second-order valence-electron chi connectivity index (χ2n) is 5.90. The molecule has 124 valence electrons. The third kappa shape index (κ3) is 3.08. The van der Waals surface area contributed by atoms with E-state index in [2.05, 4.69) is 10.3 Å². The van der Waals surface area contributed by atoms with Gasteiger partial charge in [-0.3, -0.25) is 4.79 Å². The van der Waals surface area contributed by atoms with Crippen LogP contribution < -0.4 is 10.2 Å². The molecule has 1 aromatic heterocycles. The van der Waals surface area contributed by atoms with Crippen LogP contribution in [0.2, 0.25) is 0 Å². The summed E-state index contributed by atoms with van der Waals surface area (Å²) < 4.78 is 13.2. The minimum Gasteiger partial charge on any atom is -0.354 e. The number of rotatable bonds is 3. The molecule has 4 rings (SSSR count). The van der Waals surface area contributed by atoms with E-state index in [0.717, 1.165) is 12.1 Å². The van der Waals surface area contributed by atoms with Crippen molar-refractivity contribution in [3.63, 3.8) is 0 Å². The number of carbonyl (C=O) groups excluding carboxylic acids is 1. The van der Waals surface area contributed by atoms with Gasteiger partial charge in [-0.25, -0.2) is 9.37 Å². The fourth-order valence-corrected chi connectivity index (χ4v) is 3.01. The second kappa shape index (κ2) is 6.36. The number of carbonyl (C=O) groups is 1. The second-order valence-corrected chi connectivity index (χ2v) is 5.90. The molecule has 0 aliphatic carbocycles. The van der Waals surface area contributed by atoms with Gasteiger partial charge in [0, 0.05) is 17.9 Å². The standard InChI is InChI=1S/C20H16FN3O/c21-15-5-3-6-16(12-15)23-17-8-9-18(22-13-17)20(25)24-11-10-14-4-1-2-7-19(14)24/h1-9,12-13,23H,10-11H2. The number of nitrogens with zero attached hydrogens (tertiary/aromatic N) is 2. The summed E-state index contributed by atoms with van der Waals surface area (Å²) in [5.41, 5.74) is 3.86. The monoisotopic (exact) mass is 333 g/mol. The summed E-state index contributed by atoms with van der Waals surface area (Å²) in [6.45, 7) is 0.670. The lowest BCUT2D eigenvalue weighted by molar-refractivity contribution is 0.0984. The van der Waals surface area contributed by atoms with Crippen molar-refractivity contribution in [1.82, 2.24) is 4.98 Å². The molecule has 1 aliphatic heterocycles. The molecule has 0 saturated carbocycles. The molecule has 5 heteroatoms. The Balaban J connectivity index is 1.52. The summed E-state index contributed by atoms with van der Waals surface area (Å²) >= 11 is 0. The number of anilines is 3. The number of para-hydroxylation sites is 1. The van der Waals surface area contributed by atoms with Crippen molar-refractivity contribution in [2.75, 3.05) is 16.8 Å². The first-order valence-corrected chi connectivity index (χ1v) is 8.09. The quantitative estimate of drug-likeness (QED) is 0.782. The molecule has 1 amide bonds. The third-order valence-electron chi connectivity index (χ3n) is 4.23. The number of benzene rings is 2. The molecule has 0 radical (unpaired) electrons. The highest BCUT2D eigenvalue weighted by atomic mass is 19.1. The summed E-state index contributed by atoms with van der Waals surface area (Å²) in [6.07, 6.45) is 2.45. The summed E-state index contributed by atoms with van der Waals surface area (Å²) in [4.78, 5) is 18.7. The van der Waals surface area contributed by atoms with Gasteiger partial charge >= 0.3 is 0 Å². The van der Waals surface area contributed by atoms with Gasteiger partial charge in [-0.2, -0.15) is 0 Å². The van der Waals surface area contributed by atoms with Crippen LogP contribution in [0.5, 0.6) is 0 Å². The minimum atomic E-state index is -0.308. The van der Waals surface area contributed by atoms with Gasteiger partial charge in [0.05, 0.1) is 11.9 Å². The number of fused-ring (bicyclic) bond motifs is 1. The Kier molecular flexibility index (Phi) is 3.90. The lowest BCUT2D eigenvalue weighted by atomic mass is 10.2. The van der Waals surface area contributed by atoms with E-state index in [4.69, 9.17) is 0 Å². The highest BCUT2D eigenvalue weighted by Crippen LogP contribution is 2.28. The lowest BCUT2D eigenvalue weighted by Crippen LogP contribution is -2.29. The Morgan fingerprint density at radius 1 is 1.04 bits per heavy atom. The van der Waals surface area contributed by atoms with E-state index in [9.17, 15) is 9.18 Å². The molecule has 0 saturated heterocycles. The topological polar surface area (TPSA) is 45.2 Å². The zero-order valence-electron chi connectivity index (χ0n) is 13.4. The van der Waals surface area contributed by atoms with Gasteiger partial charge < -0.3 is 10.2 Å². The zero-order chi connectivity index (χ0) is 17.2. The van der Waals surface area contributed by atoms with Gasteiger partial charge in [0.1, 0.15) is 11.5 Å². The Bertz CT molecular complexity index is 924.